The van der Waals surface area contributed by atoms with Gasteiger partial charge in [-0.1, -0.05) is 25.3 Å². The second kappa shape index (κ2) is 12.1. The van der Waals surface area contributed by atoms with E-state index in [9.17, 15) is 14.4 Å². The number of amides is 3. The van der Waals surface area contributed by atoms with Gasteiger partial charge in [0.05, 0.1) is 31.2 Å². The number of methoxy groups -OCH3 is 1. The second-order valence-corrected chi connectivity index (χ2v) is 10.7. The van der Waals surface area contributed by atoms with Crippen molar-refractivity contribution in [3.63, 3.8) is 0 Å². The van der Waals surface area contributed by atoms with Crippen molar-refractivity contribution in [3.8, 4) is 11.5 Å². The summed E-state index contributed by atoms with van der Waals surface area (Å²) in [6, 6.07) is 12.3. The van der Waals surface area contributed by atoms with Crippen molar-refractivity contribution >= 4 is 29.1 Å². The first-order valence-electron chi connectivity index (χ1n) is 13.9. The summed E-state index contributed by atoms with van der Waals surface area (Å²) in [5, 5.41) is 5.90. The molecule has 39 heavy (non-hydrogen) atoms. The SMILES string of the molecule is COc1cccc(NC(=O)C[C@H]2CC[C@@H]3[C@@H](COc4ccc(NC(=O)C5CCCCC5)cc4C(=O)N3C)O2)c1. The molecule has 1 saturated carbocycles. The van der Waals surface area contributed by atoms with Crippen molar-refractivity contribution in [2.45, 2.75) is 69.6 Å². The lowest BCUT2D eigenvalue weighted by Crippen LogP contribution is -2.53. The highest BCUT2D eigenvalue weighted by Gasteiger charge is 2.39. The monoisotopic (exact) mass is 535 g/mol. The van der Waals surface area contributed by atoms with E-state index in [1.165, 1.54) is 6.42 Å². The first-order chi connectivity index (χ1) is 18.9. The van der Waals surface area contributed by atoms with E-state index >= 15 is 0 Å². The predicted molar refractivity (Wildman–Crippen MR) is 147 cm³/mol. The third kappa shape index (κ3) is 6.36. The maximum absolute atomic E-state index is 13.5. The fourth-order valence-corrected chi connectivity index (χ4v) is 5.83. The van der Waals surface area contributed by atoms with Gasteiger partial charge in [0.15, 0.2) is 0 Å². The first-order valence-corrected chi connectivity index (χ1v) is 13.9. The molecular weight excluding hydrogens is 498 g/mol. The van der Waals surface area contributed by atoms with Crippen molar-refractivity contribution in [2.24, 2.45) is 5.92 Å². The molecule has 2 N–H and O–H groups in total. The Morgan fingerprint density at radius 2 is 1.79 bits per heavy atom. The zero-order valence-electron chi connectivity index (χ0n) is 22.6. The van der Waals surface area contributed by atoms with Crippen LogP contribution in [0.2, 0.25) is 0 Å². The van der Waals surface area contributed by atoms with Crippen LogP contribution in [-0.2, 0) is 14.3 Å². The molecule has 1 aliphatic carbocycles. The van der Waals surface area contributed by atoms with Crippen LogP contribution in [0.25, 0.3) is 0 Å². The standard InChI is InChI=1S/C30H37N3O6/c1-33-25-13-12-23(17-28(34)31-20-9-6-10-22(15-20)37-2)39-27(25)18-38-26-14-11-21(16-24(26)30(33)36)32-29(35)19-7-4-3-5-8-19/h6,9-11,14-16,19,23,25,27H,3-5,7-8,12-13,17-18H2,1-2H3,(H,31,34)(H,32,35)/t23-,25-,27-/m1/s1. The van der Waals surface area contributed by atoms with Crippen molar-refractivity contribution in [3.05, 3.63) is 48.0 Å². The van der Waals surface area contributed by atoms with E-state index in [0.29, 0.717) is 41.3 Å². The minimum atomic E-state index is -0.360. The Morgan fingerprint density at radius 1 is 1.00 bits per heavy atom. The van der Waals surface area contributed by atoms with E-state index in [4.69, 9.17) is 14.2 Å². The summed E-state index contributed by atoms with van der Waals surface area (Å²) in [4.78, 5) is 40.7. The normalized spacial score (nSPS) is 23.4. The largest absolute Gasteiger partial charge is 0.497 e. The van der Waals surface area contributed by atoms with Gasteiger partial charge in [-0.3, -0.25) is 14.4 Å². The number of nitrogens with zero attached hydrogens (tertiary/aromatic N) is 1. The van der Waals surface area contributed by atoms with Gasteiger partial charge in [-0.25, -0.2) is 0 Å². The van der Waals surface area contributed by atoms with E-state index in [0.717, 1.165) is 25.7 Å². The van der Waals surface area contributed by atoms with Gasteiger partial charge >= 0.3 is 0 Å². The van der Waals surface area contributed by atoms with Crippen LogP contribution in [0.15, 0.2) is 42.5 Å². The van der Waals surface area contributed by atoms with Crippen LogP contribution in [0, 0.1) is 5.92 Å². The zero-order valence-corrected chi connectivity index (χ0v) is 22.6. The maximum Gasteiger partial charge on any atom is 0.257 e. The fraction of sp³-hybridized carbons (Fsp3) is 0.500. The van der Waals surface area contributed by atoms with Crippen LogP contribution in [0.3, 0.4) is 0 Å². The zero-order chi connectivity index (χ0) is 27.4. The number of anilines is 2. The lowest BCUT2D eigenvalue weighted by Gasteiger charge is -2.42. The minimum Gasteiger partial charge on any atom is -0.497 e. The Hall–Kier alpha value is -3.59. The van der Waals surface area contributed by atoms with Gasteiger partial charge in [-0.2, -0.15) is 0 Å². The van der Waals surface area contributed by atoms with Crippen LogP contribution >= 0.6 is 0 Å². The van der Waals surface area contributed by atoms with E-state index in [1.807, 2.05) is 18.2 Å². The van der Waals surface area contributed by atoms with Gasteiger partial charge in [0, 0.05) is 30.4 Å². The van der Waals surface area contributed by atoms with Crippen LogP contribution in [0.1, 0.15) is 61.7 Å². The van der Waals surface area contributed by atoms with Gasteiger partial charge < -0.3 is 29.7 Å². The molecule has 2 heterocycles. The van der Waals surface area contributed by atoms with E-state index in [-0.39, 0.29) is 54.9 Å². The molecule has 1 saturated heterocycles. The molecule has 2 aliphatic heterocycles. The molecule has 9 nitrogen and oxygen atoms in total. The summed E-state index contributed by atoms with van der Waals surface area (Å²) in [6.07, 6.45) is 6.08. The highest BCUT2D eigenvalue weighted by Crippen LogP contribution is 2.33. The van der Waals surface area contributed by atoms with Gasteiger partial charge in [-0.15, -0.1) is 0 Å². The number of carbonyl (C=O) groups excluding carboxylic acids is 3. The van der Waals surface area contributed by atoms with E-state index in [2.05, 4.69) is 10.6 Å². The Labute approximate surface area is 229 Å². The molecule has 2 aromatic carbocycles. The highest BCUT2D eigenvalue weighted by molar-refractivity contribution is 6.00. The van der Waals surface area contributed by atoms with Crippen molar-refractivity contribution in [2.75, 3.05) is 31.4 Å². The number of ether oxygens (including phenoxy) is 3. The molecule has 0 bridgehead atoms. The number of likely N-dealkylation sites (N-methyl/N-ethyl adjacent to an activating group) is 1. The molecule has 3 amide bonds. The molecule has 0 aromatic heterocycles. The van der Waals surface area contributed by atoms with Crippen molar-refractivity contribution < 1.29 is 28.6 Å². The molecule has 2 aromatic rings. The number of rotatable bonds is 6. The number of carbonyl (C=O) groups is 3. The van der Waals surface area contributed by atoms with Gasteiger partial charge in [0.2, 0.25) is 11.8 Å². The van der Waals surface area contributed by atoms with Crippen LogP contribution in [0.5, 0.6) is 11.5 Å². The molecule has 208 valence electrons. The lowest BCUT2D eigenvalue weighted by molar-refractivity contribution is -0.130. The third-order valence-electron chi connectivity index (χ3n) is 8.02. The number of nitrogens with one attached hydrogen (secondary N) is 2. The molecule has 5 rings (SSSR count). The maximum atomic E-state index is 13.5. The highest BCUT2D eigenvalue weighted by atomic mass is 16.5. The Kier molecular flexibility index (Phi) is 8.35. The molecule has 0 spiro atoms. The van der Waals surface area contributed by atoms with Crippen LogP contribution < -0.4 is 20.1 Å². The van der Waals surface area contributed by atoms with Crippen LogP contribution in [-0.4, -0.2) is 61.6 Å². The minimum absolute atomic E-state index is 0.0180. The third-order valence-corrected chi connectivity index (χ3v) is 8.02. The smallest absolute Gasteiger partial charge is 0.257 e. The van der Waals surface area contributed by atoms with E-state index in [1.54, 1.807) is 43.3 Å². The summed E-state index contributed by atoms with van der Waals surface area (Å²) >= 11 is 0. The number of benzene rings is 2. The Balaban J connectivity index is 1.22. The van der Waals surface area contributed by atoms with Crippen molar-refractivity contribution in [1.82, 2.24) is 4.90 Å². The summed E-state index contributed by atoms with van der Waals surface area (Å²) in [5.41, 5.74) is 1.70. The molecule has 9 heteroatoms. The van der Waals surface area contributed by atoms with Gasteiger partial charge in [-0.05, 0) is 56.0 Å². The molecule has 3 atom stereocenters. The Morgan fingerprint density at radius 3 is 2.59 bits per heavy atom. The number of hydrogen-bond acceptors (Lipinski definition) is 6. The topological polar surface area (TPSA) is 106 Å². The molecule has 3 aliphatic rings. The van der Waals surface area contributed by atoms with Gasteiger partial charge in [0.1, 0.15) is 24.2 Å². The number of fused-ring (bicyclic) bond motifs is 2. The average Bonchev–Trinajstić information content (AvgIpc) is 2.95. The summed E-state index contributed by atoms with van der Waals surface area (Å²) in [7, 11) is 3.36. The quantitative estimate of drug-likeness (QED) is 0.559. The number of hydrogen-bond donors (Lipinski definition) is 2. The molecular formula is C30H37N3O6. The van der Waals surface area contributed by atoms with E-state index < -0.39 is 0 Å². The molecule has 0 unspecified atom stereocenters. The summed E-state index contributed by atoms with van der Waals surface area (Å²) in [6.45, 7) is 0.261. The first kappa shape index (κ1) is 27.0. The predicted octanol–water partition coefficient (Wildman–Crippen LogP) is 4.62. The Bertz CT molecular complexity index is 1210. The molecule has 0 radical (unpaired) electrons. The summed E-state index contributed by atoms with van der Waals surface area (Å²) in [5.74, 6) is 0.859. The fourth-order valence-electron chi connectivity index (χ4n) is 5.83. The van der Waals surface area contributed by atoms with Crippen molar-refractivity contribution in [1.29, 1.82) is 0 Å². The summed E-state index contributed by atoms with van der Waals surface area (Å²) < 4.78 is 17.6. The van der Waals surface area contributed by atoms with Gasteiger partial charge in [0.25, 0.3) is 5.91 Å². The second-order valence-electron chi connectivity index (χ2n) is 10.7. The van der Waals surface area contributed by atoms with Crippen LogP contribution in [0.4, 0.5) is 11.4 Å². The lowest BCUT2D eigenvalue weighted by atomic mass is 9.88. The molecule has 2 fully saturated rings. The average molecular weight is 536 g/mol.